The lowest BCUT2D eigenvalue weighted by molar-refractivity contribution is -0.139. The van der Waals surface area contributed by atoms with Gasteiger partial charge in [-0.2, -0.15) is 0 Å². The van der Waals surface area contributed by atoms with Crippen LogP contribution in [-0.2, 0) is 20.8 Å². The molecule has 3 atom stereocenters. The molecular weight excluding hydrogens is 729 g/mol. The number of imidazole rings is 1. The summed E-state index contributed by atoms with van der Waals surface area (Å²) in [6.45, 7) is 7.42. The molecule has 7 rings (SSSR count). The predicted octanol–water partition coefficient (Wildman–Crippen LogP) is 7.03. The molecule has 1 saturated heterocycles. The van der Waals surface area contributed by atoms with Crippen molar-refractivity contribution in [2.45, 2.75) is 44.3 Å². The number of nitrogens with one attached hydrogen (secondary N) is 3. The van der Waals surface area contributed by atoms with Crippen LogP contribution in [0.5, 0.6) is 0 Å². The first kappa shape index (κ1) is 39.8. The van der Waals surface area contributed by atoms with Crippen molar-refractivity contribution in [1.29, 1.82) is 0 Å². The van der Waals surface area contributed by atoms with Gasteiger partial charge in [0.1, 0.15) is 17.9 Å². The number of aromatic amines is 1. The molecule has 1 fully saturated rings. The van der Waals surface area contributed by atoms with Crippen LogP contribution >= 0.6 is 0 Å². The Bertz CT molecular complexity index is 2370. The fourth-order valence-electron chi connectivity index (χ4n) is 7.79. The molecule has 12 heteroatoms. The van der Waals surface area contributed by atoms with Crippen LogP contribution in [-0.4, -0.2) is 94.2 Å². The van der Waals surface area contributed by atoms with Crippen LogP contribution in [0.2, 0.25) is 0 Å². The Balaban J connectivity index is 1.03. The van der Waals surface area contributed by atoms with Crippen molar-refractivity contribution in [1.82, 2.24) is 35.0 Å². The highest BCUT2D eigenvalue weighted by Gasteiger charge is 2.41. The number of anilines is 1. The first-order valence-corrected chi connectivity index (χ1v) is 19.7. The Morgan fingerprint density at radius 1 is 0.966 bits per heavy atom. The largest absolute Gasteiger partial charge is 0.436 e. The average Bonchev–Trinajstić information content (AvgIpc) is 3.96. The number of fused-ring (bicyclic) bond motifs is 1. The molecule has 1 aliphatic rings. The van der Waals surface area contributed by atoms with Gasteiger partial charge in [0, 0.05) is 35.9 Å². The van der Waals surface area contributed by atoms with Crippen molar-refractivity contribution in [3.8, 4) is 22.8 Å². The molecule has 1 aliphatic heterocycles. The van der Waals surface area contributed by atoms with E-state index in [1.54, 1.807) is 23.2 Å². The van der Waals surface area contributed by atoms with Gasteiger partial charge in [0.05, 0.1) is 30.2 Å². The van der Waals surface area contributed by atoms with E-state index in [0.717, 1.165) is 45.3 Å². The van der Waals surface area contributed by atoms with Crippen molar-refractivity contribution in [2.75, 3.05) is 46.1 Å². The molecule has 58 heavy (non-hydrogen) atoms. The summed E-state index contributed by atoms with van der Waals surface area (Å²) in [6.07, 6.45) is 3.40. The number of benzene rings is 4. The third kappa shape index (κ3) is 8.78. The third-order valence-corrected chi connectivity index (χ3v) is 10.5. The highest BCUT2D eigenvalue weighted by atomic mass is 16.4. The zero-order chi connectivity index (χ0) is 40.8. The van der Waals surface area contributed by atoms with Crippen molar-refractivity contribution >= 4 is 34.4 Å². The third-order valence-electron chi connectivity index (χ3n) is 10.5. The predicted molar refractivity (Wildman–Crippen MR) is 227 cm³/mol. The molecule has 0 bridgehead atoms. The smallest absolute Gasteiger partial charge is 0.244 e. The zero-order valence-corrected chi connectivity index (χ0v) is 33.4. The van der Waals surface area contributed by atoms with Gasteiger partial charge in [-0.25, -0.2) is 9.97 Å². The standard InChI is InChI=1S/C46H50N8O4/c1-6-23-53(46(57)43(52(4)5)32-15-11-8-12-16-32)29-40(55)49-35-20-17-33(18-21-35)45-48-28-39(58-45)34-19-22-37-38(26-34)51-44(50-37)42-30(2)24-36(27-47-3)54(42)41(56)25-31-13-9-7-10-14-31/h7-22,26,28,36,42-43,47H,2,6,23-25,27,29H2,1,3-5H3,(H,49,55)(H,50,51). The van der Waals surface area contributed by atoms with Gasteiger partial charge in [-0.15, -0.1) is 0 Å². The number of nitrogens with zero attached hydrogens (tertiary/aromatic N) is 5. The van der Waals surface area contributed by atoms with Crippen molar-refractivity contribution < 1.29 is 18.8 Å². The van der Waals surface area contributed by atoms with Gasteiger partial charge in [0.25, 0.3) is 0 Å². The molecule has 6 aromatic rings. The highest BCUT2D eigenvalue weighted by Crippen LogP contribution is 2.40. The first-order chi connectivity index (χ1) is 28.1. The molecule has 4 aromatic carbocycles. The van der Waals surface area contributed by atoms with E-state index in [2.05, 4.69) is 27.2 Å². The molecule has 3 amide bonds. The maximum Gasteiger partial charge on any atom is 0.244 e. The van der Waals surface area contributed by atoms with E-state index in [4.69, 9.17) is 9.40 Å². The van der Waals surface area contributed by atoms with Gasteiger partial charge < -0.3 is 29.8 Å². The van der Waals surface area contributed by atoms with Crippen LogP contribution < -0.4 is 10.6 Å². The molecule has 0 radical (unpaired) electrons. The van der Waals surface area contributed by atoms with Gasteiger partial charge in [-0.05, 0) is 93.1 Å². The maximum atomic E-state index is 13.8. The van der Waals surface area contributed by atoms with Crippen LogP contribution in [0.4, 0.5) is 5.69 Å². The summed E-state index contributed by atoms with van der Waals surface area (Å²) < 4.78 is 6.22. The molecule has 298 valence electrons. The molecular formula is C46H50N8O4. The van der Waals surface area contributed by atoms with Gasteiger partial charge >= 0.3 is 0 Å². The van der Waals surface area contributed by atoms with Crippen LogP contribution in [0.3, 0.4) is 0 Å². The summed E-state index contributed by atoms with van der Waals surface area (Å²) in [7, 11) is 5.63. The van der Waals surface area contributed by atoms with Crippen molar-refractivity contribution in [2.24, 2.45) is 0 Å². The number of likely N-dealkylation sites (tertiary alicyclic amines) is 1. The number of likely N-dealkylation sites (N-methyl/N-ethyl adjacent to an activating group) is 2. The van der Waals surface area contributed by atoms with Crippen molar-refractivity contribution in [3.05, 3.63) is 138 Å². The molecule has 12 nitrogen and oxygen atoms in total. The lowest BCUT2D eigenvalue weighted by Gasteiger charge is -2.30. The fraction of sp³-hybridized carbons (Fsp3) is 0.283. The van der Waals surface area contributed by atoms with Crippen LogP contribution in [0, 0.1) is 0 Å². The summed E-state index contributed by atoms with van der Waals surface area (Å²) in [4.78, 5) is 59.1. The molecule has 2 aromatic heterocycles. The zero-order valence-electron chi connectivity index (χ0n) is 33.4. The number of amides is 3. The molecule has 0 saturated carbocycles. The molecule has 3 N–H and O–H groups in total. The quantitative estimate of drug-likeness (QED) is 0.0946. The summed E-state index contributed by atoms with van der Waals surface area (Å²) >= 11 is 0. The Hall–Kier alpha value is -6.37. The van der Waals surface area contributed by atoms with Crippen molar-refractivity contribution in [3.63, 3.8) is 0 Å². The van der Waals surface area contributed by atoms with Gasteiger partial charge in [0.2, 0.25) is 23.6 Å². The van der Waals surface area contributed by atoms with E-state index < -0.39 is 6.04 Å². The Morgan fingerprint density at radius 2 is 1.67 bits per heavy atom. The van der Waals surface area contributed by atoms with E-state index in [-0.39, 0.29) is 36.3 Å². The Labute approximate surface area is 339 Å². The van der Waals surface area contributed by atoms with Gasteiger partial charge in [-0.3, -0.25) is 19.3 Å². The SMILES string of the molecule is C=C1CC(CNC)N(C(=O)Cc2ccccc2)C1c1nc2ccc(-c3cnc(-c4ccc(NC(=O)CN(CCC)C(=O)C(c5ccccc5)N(C)C)cc4)o3)cc2[nH]1. The number of hydrogen-bond acceptors (Lipinski definition) is 8. The van der Waals surface area contributed by atoms with E-state index >= 15 is 0 Å². The maximum absolute atomic E-state index is 13.8. The molecule has 3 heterocycles. The summed E-state index contributed by atoms with van der Waals surface area (Å²) in [6, 6.07) is 31.6. The van der Waals surface area contributed by atoms with Crippen LogP contribution in [0.15, 0.2) is 126 Å². The van der Waals surface area contributed by atoms with Gasteiger partial charge in [0.15, 0.2) is 5.76 Å². The number of rotatable bonds is 15. The average molecular weight is 779 g/mol. The second-order valence-corrected chi connectivity index (χ2v) is 15.0. The summed E-state index contributed by atoms with van der Waals surface area (Å²) in [5.74, 6) is 1.32. The number of H-pyrrole nitrogens is 1. The molecule has 3 unspecified atom stereocenters. The fourth-order valence-corrected chi connectivity index (χ4v) is 7.79. The summed E-state index contributed by atoms with van der Waals surface area (Å²) in [5.41, 5.74) is 6.52. The van der Waals surface area contributed by atoms with E-state index in [9.17, 15) is 14.4 Å². The van der Waals surface area contributed by atoms with E-state index in [1.807, 2.05) is 129 Å². The second kappa shape index (κ2) is 17.8. The monoisotopic (exact) mass is 778 g/mol. The molecule has 0 aliphatic carbocycles. The Kier molecular flexibility index (Phi) is 12.3. The van der Waals surface area contributed by atoms with E-state index in [1.165, 1.54) is 0 Å². The normalized spacial score (nSPS) is 15.9. The van der Waals surface area contributed by atoms with Crippen LogP contribution in [0.25, 0.3) is 33.8 Å². The number of carbonyl (C=O) groups is 3. The van der Waals surface area contributed by atoms with Gasteiger partial charge in [-0.1, -0.05) is 74.2 Å². The van der Waals surface area contributed by atoms with Crippen LogP contribution in [0.1, 0.15) is 48.8 Å². The topological polar surface area (TPSA) is 140 Å². The first-order valence-electron chi connectivity index (χ1n) is 19.7. The lowest BCUT2D eigenvalue weighted by Crippen LogP contribution is -2.44. The lowest BCUT2D eigenvalue weighted by atomic mass is 10.0. The molecule has 0 spiro atoms. The number of hydrogen-bond donors (Lipinski definition) is 3. The second-order valence-electron chi connectivity index (χ2n) is 15.0. The minimum atomic E-state index is -0.494. The Morgan fingerprint density at radius 3 is 2.36 bits per heavy atom. The number of carbonyl (C=O) groups excluding carboxylic acids is 3. The number of oxazole rings is 1. The van der Waals surface area contributed by atoms with E-state index in [0.29, 0.717) is 49.1 Å². The summed E-state index contributed by atoms with van der Waals surface area (Å²) in [5, 5.41) is 6.18. The highest BCUT2D eigenvalue weighted by molar-refractivity contribution is 5.95. The minimum Gasteiger partial charge on any atom is -0.436 e. The number of aromatic nitrogens is 3. The minimum absolute atomic E-state index is 0.0313.